The quantitative estimate of drug-likeness (QED) is 0.538. The van der Waals surface area contributed by atoms with E-state index in [-0.39, 0.29) is 35.5 Å². The number of carbonyl (C=O) groups is 2. The molecule has 0 fully saturated rings. The molecule has 0 aliphatic heterocycles. The number of carbonyl (C=O) groups excluding carboxylic acids is 2. The van der Waals surface area contributed by atoms with Crippen molar-refractivity contribution in [3.05, 3.63) is 68.4 Å². The number of rotatable bonds is 8. The Hall–Kier alpha value is -1.82. The highest BCUT2D eigenvalue weighted by molar-refractivity contribution is 6.42. The molecule has 0 unspecified atom stereocenters. The van der Waals surface area contributed by atoms with Gasteiger partial charge in [0.15, 0.2) is 0 Å². The molecule has 2 aromatic carbocycles. The lowest BCUT2D eigenvalue weighted by Crippen LogP contribution is -2.50. The van der Waals surface area contributed by atoms with Crippen molar-refractivity contribution < 1.29 is 14.0 Å². The molecule has 0 radical (unpaired) electrons. The SMILES string of the molecule is CC[C@@H](C)NC(=O)[C@H](C)N(Cc1ccc(Cl)c(Cl)c1)C(=O)Cc1c(F)cccc1Cl. The van der Waals surface area contributed by atoms with E-state index in [1.165, 1.54) is 23.1 Å². The molecule has 4 nitrogen and oxygen atoms in total. The molecule has 2 rings (SSSR count). The van der Waals surface area contributed by atoms with Gasteiger partial charge < -0.3 is 10.2 Å². The van der Waals surface area contributed by atoms with Crippen molar-refractivity contribution in [2.75, 3.05) is 0 Å². The Balaban J connectivity index is 2.32. The van der Waals surface area contributed by atoms with Gasteiger partial charge in [0.1, 0.15) is 11.9 Å². The summed E-state index contributed by atoms with van der Waals surface area (Å²) in [6, 6.07) is 8.41. The standard InChI is InChI=1S/C22H24Cl3FN2O2/c1-4-13(2)27-22(30)14(3)28(12-15-8-9-18(24)19(25)10-15)21(29)11-16-17(23)6-5-7-20(16)26/h5-10,13-14H,4,11-12H2,1-3H3,(H,27,30)/t13-,14+/m1/s1. The van der Waals surface area contributed by atoms with Crippen molar-refractivity contribution in [1.29, 1.82) is 0 Å². The molecule has 2 atom stereocenters. The second kappa shape index (κ2) is 11.0. The highest BCUT2D eigenvalue weighted by Crippen LogP contribution is 2.25. The third-order valence-electron chi connectivity index (χ3n) is 4.89. The van der Waals surface area contributed by atoms with E-state index in [1.807, 2.05) is 13.8 Å². The van der Waals surface area contributed by atoms with Gasteiger partial charge in [-0.05, 0) is 50.1 Å². The molecule has 1 N–H and O–H groups in total. The lowest BCUT2D eigenvalue weighted by atomic mass is 10.1. The van der Waals surface area contributed by atoms with E-state index in [0.717, 1.165) is 6.42 Å². The highest BCUT2D eigenvalue weighted by Gasteiger charge is 2.28. The Morgan fingerprint density at radius 1 is 1.07 bits per heavy atom. The van der Waals surface area contributed by atoms with Crippen LogP contribution in [0.15, 0.2) is 36.4 Å². The fourth-order valence-corrected chi connectivity index (χ4v) is 3.39. The summed E-state index contributed by atoms with van der Waals surface area (Å²) >= 11 is 18.2. The zero-order valence-corrected chi connectivity index (χ0v) is 19.3. The van der Waals surface area contributed by atoms with Crippen LogP contribution >= 0.6 is 34.8 Å². The topological polar surface area (TPSA) is 49.4 Å². The predicted octanol–water partition coefficient (Wildman–Crippen LogP) is 5.66. The summed E-state index contributed by atoms with van der Waals surface area (Å²) in [5.74, 6) is -1.29. The minimum atomic E-state index is -0.786. The van der Waals surface area contributed by atoms with Crippen molar-refractivity contribution in [1.82, 2.24) is 10.2 Å². The first kappa shape index (κ1) is 24.4. The van der Waals surface area contributed by atoms with Crippen LogP contribution in [0.1, 0.15) is 38.3 Å². The van der Waals surface area contributed by atoms with Gasteiger partial charge in [0, 0.05) is 23.2 Å². The molecule has 162 valence electrons. The van der Waals surface area contributed by atoms with Crippen LogP contribution in [0.25, 0.3) is 0 Å². The van der Waals surface area contributed by atoms with E-state index in [1.54, 1.807) is 25.1 Å². The Morgan fingerprint density at radius 2 is 1.77 bits per heavy atom. The van der Waals surface area contributed by atoms with Crippen molar-refractivity contribution >= 4 is 46.6 Å². The van der Waals surface area contributed by atoms with Crippen molar-refractivity contribution in [2.24, 2.45) is 0 Å². The van der Waals surface area contributed by atoms with Crippen LogP contribution in [0.4, 0.5) is 4.39 Å². The van der Waals surface area contributed by atoms with Gasteiger partial charge in [-0.1, -0.05) is 53.9 Å². The monoisotopic (exact) mass is 472 g/mol. The van der Waals surface area contributed by atoms with E-state index in [2.05, 4.69) is 5.32 Å². The lowest BCUT2D eigenvalue weighted by Gasteiger charge is -2.30. The molecule has 0 spiro atoms. The second-order valence-electron chi connectivity index (χ2n) is 7.14. The molecular formula is C22H24Cl3FN2O2. The normalized spacial score (nSPS) is 12.9. The molecule has 2 amide bonds. The summed E-state index contributed by atoms with van der Waals surface area (Å²) in [7, 11) is 0. The molecule has 0 saturated carbocycles. The highest BCUT2D eigenvalue weighted by atomic mass is 35.5. The summed E-state index contributed by atoms with van der Waals surface area (Å²) in [6.07, 6.45) is 0.484. The number of hydrogen-bond acceptors (Lipinski definition) is 2. The van der Waals surface area contributed by atoms with E-state index in [4.69, 9.17) is 34.8 Å². The van der Waals surface area contributed by atoms with Gasteiger partial charge in [-0.25, -0.2) is 4.39 Å². The molecule has 0 bridgehead atoms. The first-order valence-electron chi connectivity index (χ1n) is 9.60. The van der Waals surface area contributed by atoms with Crippen molar-refractivity contribution in [2.45, 2.75) is 52.2 Å². The van der Waals surface area contributed by atoms with E-state index in [9.17, 15) is 14.0 Å². The fraction of sp³-hybridized carbons (Fsp3) is 0.364. The maximum absolute atomic E-state index is 14.2. The Labute approximate surface area is 191 Å². The molecule has 2 aromatic rings. The molecule has 0 aliphatic carbocycles. The summed E-state index contributed by atoms with van der Waals surface area (Å²) in [6.45, 7) is 5.58. The third kappa shape index (κ3) is 6.34. The van der Waals surface area contributed by atoms with Gasteiger partial charge in [0.25, 0.3) is 0 Å². The van der Waals surface area contributed by atoms with Crippen molar-refractivity contribution in [3.8, 4) is 0 Å². The maximum atomic E-state index is 14.2. The first-order valence-corrected chi connectivity index (χ1v) is 10.7. The first-order chi connectivity index (χ1) is 14.1. The minimum absolute atomic E-state index is 0.0390. The third-order valence-corrected chi connectivity index (χ3v) is 5.99. The van der Waals surface area contributed by atoms with Crippen LogP contribution in [0, 0.1) is 5.82 Å². The van der Waals surface area contributed by atoms with Crippen LogP contribution < -0.4 is 5.32 Å². The van der Waals surface area contributed by atoms with Crippen LogP contribution in [-0.4, -0.2) is 28.8 Å². The van der Waals surface area contributed by atoms with Gasteiger partial charge in [-0.3, -0.25) is 9.59 Å². The van der Waals surface area contributed by atoms with Crippen molar-refractivity contribution in [3.63, 3.8) is 0 Å². The number of amides is 2. The van der Waals surface area contributed by atoms with Gasteiger partial charge >= 0.3 is 0 Å². The number of hydrogen-bond donors (Lipinski definition) is 1. The molecule has 0 heterocycles. The van der Waals surface area contributed by atoms with E-state index >= 15 is 0 Å². The summed E-state index contributed by atoms with van der Waals surface area (Å²) in [5, 5.41) is 3.77. The minimum Gasteiger partial charge on any atom is -0.352 e. The molecule has 0 saturated heterocycles. The van der Waals surface area contributed by atoms with Gasteiger partial charge in [0.05, 0.1) is 16.5 Å². The average Bonchev–Trinajstić information content (AvgIpc) is 2.70. The van der Waals surface area contributed by atoms with Crippen LogP contribution in [0.3, 0.4) is 0 Å². The Kier molecular flexibility index (Phi) is 8.95. The summed E-state index contributed by atoms with van der Waals surface area (Å²) in [4.78, 5) is 27.2. The van der Waals surface area contributed by atoms with E-state index in [0.29, 0.717) is 15.6 Å². The smallest absolute Gasteiger partial charge is 0.242 e. The fourth-order valence-electron chi connectivity index (χ4n) is 2.84. The molecule has 8 heteroatoms. The largest absolute Gasteiger partial charge is 0.352 e. The van der Waals surface area contributed by atoms with Crippen LogP contribution in [0.5, 0.6) is 0 Å². The lowest BCUT2D eigenvalue weighted by molar-refractivity contribution is -0.140. The molecule has 0 aliphatic rings. The average molecular weight is 474 g/mol. The molecular weight excluding hydrogens is 450 g/mol. The zero-order valence-electron chi connectivity index (χ0n) is 17.0. The number of nitrogens with zero attached hydrogens (tertiary/aromatic N) is 1. The van der Waals surface area contributed by atoms with Gasteiger partial charge in [0.2, 0.25) is 11.8 Å². The number of nitrogens with one attached hydrogen (secondary N) is 1. The van der Waals surface area contributed by atoms with Gasteiger partial charge in [-0.2, -0.15) is 0 Å². The summed E-state index contributed by atoms with van der Waals surface area (Å²) < 4.78 is 14.2. The zero-order chi connectivity index (χ0) is 22.4. The Morgan fingerprint density at radius 3 is 2.37 bits per heavy atom. The second-order valence-corrected chi connectivity index (χ2v) is 8.36. The summed E-state index contributed by atoms with van der Waals surface area (Å²) in [5.41, 5.74) is 0.790. The Bertz CT molecular complexity index is 903. The predicted molar refractivity (Wildman–Crippen MR) is 119 cm³/mol. The van der Waals surface area contributed by atoms with Crippen LogP contribution in [0.2, 0.25) is 15.1 Å². The maximum Gasteiger partial charge on any atom is 0.242 e. The molecule has 30 heavy (non-hydrogen) atoms. The van der Waals surface area contributed by atoms with Crippen LogP contribution in [-0.2, 0) is 22.6 Å². The van der Waals surface area contributed by atoms with Gasteiger partial charge in [-0.15, -0.1) is 0 Å². The van der Waals surface area contributed by atoms with E-state index < -0.39 is 17.8 Å². The number of halogens is 4. The number of benzene rings is 2. The molecule has 0 aromatic heterocycles.